The zero-order valence-electron chi connectivity index (χ0n) is 11.4. The molecule has 1 aliphatic rings. The third kappa shape index (κ3) is 3.28. The van der Waals surface area contributed by atoms with Gasteiger partial charge in [0, 0.05) is 22.6 Å². The van der Waals surface area contributed by atoms with Crippen molar-refractivity contribution in [1.82, 2.24) is 9.55 Å². The Bertz CT molecular complexity index is 707. The van der Waals surface area contributed by atoms with E-state index in [9.17, 15) is 4.79 Å². The first-order valence-corrected chi connectivity index (χ1v) is 10.9. The lowest BCUT2D eigenvalue weighted by Gasteiger charge is -2.11. The van der Waals surface area contributed by atoms with Gasteiger partial charge >= 0.3 is 5.97 Å². The van der Waals surface area contributed by atoms with Gasteiger partial charge in [-0.2, -0.15) is 0 Å². The van der Waals surface area contributed by atoms with Crippen molar-refractivity contribution in [2.75, 3.05) is 19.0 Å². The monoisotopic (exact) mass is 494 g/mol. The Morgan fingerprint density at radius 1 is 1.55 bits per heavy atom. The number of fused-ring (bicyclic) bond motifs is 3. The summed E-state index contributed by atoms with van der Waals surface area (Å²) in [6.07, 6.45) is 3.66. The molecule has 0 unspecified atom stereocenters. The van der Waals surface area contributed by atoms with Gasteiger partial charge < -0.3 is 14.0 Å². The SMILES string of the molecule is O=C(OCCSI)c1cc2c(cc1Br)OCCn1ccnc1-2. The Kier molecular flexibility index (Phi) is 5.29. The van der Waals surface area contributed by atoms with Crippen molar-refractivity contribution in [3.05, 3.63) is 34.6 Å². The molecule has 2 heterocycles. The molecular formula is C14H12BrIN2O3S. The number of aromatic nitrogens is 2. The summed E-state index contributed by atoms with van der Waals surface area (Å²) in [4.78, 5) is 16.6. The van der Waals surface area contributed by atoms with E-state index in [2.05, 4.69) is 42.1 Å². The fourth-order valence-corrected chi connectivity index (χ4v) is 3.41. The molecule has 0 aliphatic carbocycles. The lowest BCUT2D eigenvalue weighted by molar-refractivity contribution is 0.0529. The molecule has 0 N–H and O–H groups in total. The Hall–Kier alpha value is -0.740. The van der Waals surface area contributed by atoms with Gasteiger partial charge in [-0.15, -0.1) is 0 Å². The third-order valence-corrected chi connectivity index (χ3v) is 5.53. The summed E-state index contributed by atoms with van der Waals surface area (Å²) in [7, 11) is 1.61. The van der Waals surface area contributed by atoms with Crippen LogP contribution in [0.1, 0.15) is 10.4 Å². The fourth-order valence-electron chi connectivity index (χ4n) is 2.24. The number of esters is 1. The van der Waals surface area contributed by atoms with E-state index in [0.717, 1.165) is 29.4 Å². The number of carbonyl (C=O) groups excluding carboxylic acids is 1. The van der Waals surface area contributed by atoms with Gasteiger partial charge in [-0.3, -0.25) is 0 Å². The molecule has 0 spiro atoms. The van der Waals surface area contributed by atoms with Gasteiger partial charge in [-0.1, -0.05) is 8.93 Å². The van der Waals surface area contributed by atoms with Crippen LogP contribution in [0.25, 0.3) is 11.4 Å². The maximum atomic E-state index is 12.2. The molecular weight excluding hydrogens is 483 g/mol. The lowest BCUT2D eigenvalue weighted by atomic mass is 10.1. The average Bonchev–Trinajstić information content (AvgIpc) is 2.89. The number of benzene rings is 1. The molecule has 0 saturated carbocycles. The van der Waals surface area contributed by atoms with E-state index >= 15 is 0 Å². The molecule has 116 valence electrons. The zero-order chi connectivity index (χ0) is 15.5. The minimum Gasteiger partial charge on any atom is -0.491 e. The molecule has 2 aromatic rings. The zero-order valence-corrected chi connectivity index (χ0v) is 16.0. The molecule has 0 amide bonds. The number of rotatable bonds is 4. The van der Waals surface area contributed by atoms with Crippen LogP contribution >= 0.6 is 46.1 Å². The van der Waals surface area contributed by atoms with Crippen LogP contribution in [0.2, 0.25) is 0 Å². The summed E-state index contributed by atoms with van der Waals surface area (Å²) < 4.78 is 13.7. The topological polar surface area (TPSA) is 53.4 Å². The summed E-state index contributed by atoms with van der Waals surface area (Å²) in [6.45, 7) is 1.69. The molecule has 1 aromatic carbocycles. The average molecular weight is 495 g/mol. The van der Waals surface area contributed by atoms with Crippen LogP contribution in [0, 0.1) is 0 Å². The van der Waals surface area contributed by atoms with Gasteiger partial charge in [-0.25, -0.2) is 9.78 Å². The van der Waals surface area contributed by atoms with Crippen LogP contribution in [-0.2, 0) is 11.3 Å². The molecule has 0 saturated heterocycles. The van der Waals surface area contributed by atoms with E-state index < -0.39 is 0 Å². The van der Waals surface area contributed by atoms with Crippen molar-refractivity contribution in [3.8, 4) is 17.1 Å². The van der Waals surface area contributed by atoms with Crippen molar-refractivity contribution < 1.29 is 14.3 Å². The van der Waals surface area contributed by atoms with Crippen LogP contribution < -0.4 is 4.74 Å². The maximum Gasteiger partial charge on any atom is 0.339 e. The normalized spacial score (nSPS) is 12.8. The fraction of sp³-hybridized carbons (Fsp3) is 0.286. The predicted octanol–water partition coefficient (Wildman–Crippen LogP) is 3.95. The number of nitrogens with zero attached hydrogens (tertiary/aromatic N) is 2. The van der Waals surface area contributed by atoms with E-state index in [0.29, 0.717) is 23.2 Å². The van der Waals surface area contributed by atoms with Crippen LogP contribution in [0.5, 0.6) is 5.75 Å². The molecule has 22 heavy (non-hydrogen) atoms. The number of hydrogen-bond acceptors (Lipinski definition) is 5. The minimum atomic E-state index is -0.345. The molecule has 1 aliphatic heterocycles. The molecule has 1 aromatic heterocycles. The van der Waals surface area contributed by atoms with Gasteiger partial charge in [0.1, 0.15) is 24.8 Å². The van der Waals surface area contributed by atoms with E-state index in [-0.39, 0.29) is 5.97 Å². The van der Waals surface area contributed by atoms with Crippen LogP contribution in [0.4, 0.5) is 0 Å². The second-order valence-electron chi connectivity index (χ2n) is 4.57. The van der Waals surface area contributed by atoms with E-state index in [1.807, 2.05) is 16.8 Å². The molecule has 3 rings (SSSR count). The number of carbonyl (C=O) groups is 1. The van der Waals surface area contributed by atoms with Gasteiger partial charge in [0.05, 0.1) is 17.7 Å². The molecule has 0 radical (unpaired) electrons. The first-order chi connectivity index (χ1) is 10.7. The van der Waals surface area contributed by atoms with E-state index in [4.69, 9.17) is 9.47 Å². The molecule has 0 fully saturated rings. The van der Waals surface area contributed by atoms with E-state index in [1.54, 1.807) is 21.2 Å². The molecule has 5 nitrogen and oxygen atoms in total. The number of halogens is 2. The lowest BCUT2D eigenvalue weighted by Crippen LogP contribution is -2.09. The quantitative estimate of drug-likeness (QED) is 0.366. The maximum absolute atomic E-state index is 12.2. The summed E-state index contributed by atoms with van der Waals surface area (Å²) in [5.74, 6) is 1.94. The second kappa shape index (κ2) is 7.22. The van der Waals surface area contributed by atoms with Gasteiger partial charge in [0.25, 0.3) is 0 Å². The van der Waals surface area contributed by atoms with Gasteiger partial charge in [-0.05, 0) is 49.3 Å². The number of ether oxygens (including phenoxy) is 2. The summed E-state index contributed by atoms with van der Waals surface area (Å²) in [5, 5.41) is 0. The first-order valence-electron chi connectivity index (χ1n) is 6.59. The summed E-state index contributed by atoms with van der Waals surface area (Å²) in [6, 6.07) is 3.59. The minimum absolute atomic E-state index is 0.345. The molecule has 0 atom stereocenters. The summed E-state index contributed by atoms with van der Waals surface area (Å²) >= 11 is 5.60. The van der Waals surface area contributed by atoms with E-state index in [1.165, 1.54) is 0 Å². The van der Waals surface area contributed by atoms with Crippen molar-refractivity contribution in [1.29, 1.82) is 0 Å². The third-order valence-electron chi connectivity index (χ3n) is 3.23. The van der Waals surface area contributed by atoms with Gasteiger partial charge in [0.2, 0.25) is 0 Å². The Morgan fingerprint density at radius 2 is 2.41 bits per heavy atom. The Balaban J connectivity index is 1.97. The van der Waals surface area contributed by atoms with Crippen LogP contribution in [0.3, 0.4) is 0 Å². The molecule has 0 bridgehead atoms. The Morgan fingerprint density at radius 3 is 3.23 bits per heavy atom. The standard InChI is InChI=1S/C14H12BrIN2O3S/c15-11-8-12-10(7-9(11)14(19)21-5-6-22-16)13-17-1-2-18(13)3-4-20-12/h1-2,7-8H,3-6H2. The van der Waals surface area contributed by atoms with Crippen molar-refractivity contribution >= 4 is 52.0 Å². The van der Waals surface area contributed by atoms with Crippen molar-refractivity contribution in [2.24, 2.45) is 0 Å². The van der Waals surface area contributed by atoms with Crippen LogP contribution in [0.15, 0.2) is 29.0 Å². The first kappa shape index (κ1) is 16.1. The molecule has 8 heteroatoms. The largest absolute Gasteiger partial charge is 0.491 e. The van der Waals surface area contributed by atoms with Crippen molar-refractivity contribution in [3.63, 3.8) is 0 Å². The van der Waals surface area contributed by atoms with Crippen LogP contribution in [-0.4, -0.2) is 34.5 Å². The highest BCUT2D eigenvalue weighted by Gasteiger charge is 2.21. The second-order valence-corrected chi connectivity index (χ2v) is 7.92. The van der Waals surface area contributed by atoms with Crippen molar-refractivity contribution in [2.45, 2.75) is 6.54 Å². The number of imidazole rings is 1. The van der Waals surface area contributed by atoms with Gasteiger partial charge in [0.15, 0.2) is 0 Å². The highest BCUT2D eigenvalue weighted by atomic mass is 127. The highest BCUT2D eigenvalue weighted by Crippen LogP contribution is 2.36. The number of hydrogen-bond donors (Lipinski definition) is 0. The Labute approximate surface area is 152 Å². The predicted molar refractivity (Wildman–Crippen MR) is 97.6 cm³/mol. The highest BCUT2D eigenvalue weighted by molar-refractivity contribution is 14.2. The smallest absolute Gasteiger partial charge is 0.339 e. The summed E-state index contributed by atoms with van der Waals surface area (Å²) in [5.41, 5.74) is 1.29.